The van der Waals surface area contributed by atoms with Crippen molar-refractivity contribution >= 4 is 5.97 Å². The second kappa shape index (κ2) is 9.97. The van der Waals surface area contributed by atoms with E-state index in [1.807, 2.05) is 6.92 Å². The molecule has 3 nitrogen and oxygen atoms in total. The lowest BCUT2D eigenvalue weighted by molar-refractivity contribution is -0.144. The Morgan fingerprint density at radius 1 is 1.07 bits per heavy atom. The Bertz CT molecular complexity index is 160. The average Bonchev–Trinajstić information content (AvgIpc) is 2.18. The largest absolute Gasteiger partial charge is 0.465 e. The fourth-order valence-corrected chi connectivity index (χ4v) is 1.56. The normalized spacial score (nSPS) is 10.7. The van der Waals surface area contributed by atoms with Crippen LogP contribution in [0, 0.1) is 0 Å². The van der Waals surface area contributed by atoms with Crippen LogP contribution in [0.15, 0.2) is 0 Å². The van der Waals surface area contributed by atoms with Gasteiger partial charge in [-0.15, -0.1) is 0 Å². The van der Waals surface area contributed by atoms with Crippen LogP contribution in [0.2, 0.25) is 0 Å². The molecule has 0 fully saturated rings. The smallest absolute Gasteiger partial charge is 0.320 e. The summed E-state index contributed by atoms with van der Waals surface area (Å²) < 4.78 is 4.94. The van der Waals surface area contributed by atoms with Crippen molar-refractivity contribution in [2.75, 3.05) is 26.2 Å². The molecule has 0 amide bonds. The number of hydrogen-bond acceptors (Lipinski definition) is 3. The predicted molar refractivity (Wildman–Crippen MR) is 62.9 cm³/mol. The van der Waals surface area contributed by atoms with Crippen LogP contribution >= 0.6 is 0 Å². The third-order valence-corrected chi connectivity index (χ3v) is 2.28. The monoisotopic (exact) mass is 215 g/mol. The third-order valence-electron chi connectivity index (χ3n) is 2.28. The van der Waals surface area contributed by atoms with E-state index in [-0.39, 0.29) is 5.97 Å². The highest BCUT2D eigenvalue weighted by atomic mass is 16.5. The maximum atomic E-state index is 11.3. The molecule has 0 saturated carbocycles. The molecule has 0 N–H and O–H groups in total. The van der Waals surface area contributed by atoms with Crippen LogP contribution in [-0.2, 0) is 9.53 Å². The van der Waals surface area contributed by atoms with E-state index in [4.69, 9.17) is 4.74 Å². The van der Waals surface area contributed by atoms with Crippen LogP contribution in [0.1, 0.15) is 46.5 Å². The Morgan fingerprint density at radius 2 is 1.80 bits per heavy atom. The summed E-state index contributed by atoms with van der Waals surface area (Å²) in [5.41, 5.74) is 0. The van der Waals surface area contributed by atoms with Gasteiger partial charge in [-0.25, -0.2) is 0 Å². The molecule has 0 atom stereocenters. The van der Waals surface area contributed by atoms with Gasteiger partial charge in [0.1, 0.15) is 0 Å². The first-order chi connectivity index (χ1) is 7.24. The number of rotatable bonds is 9. The Morgan fingerprint density at radius 3 is 2.33 bits per heavy atom. The van der Waals surface area contributed by atoms with Crippen molar-refractivity contribution in [3.63, 3.8) is 0 Å². The quantitative estimate of drug-likeness (QED) is 0.437. The van der Waals surface area contributed by atoms with E-state index in [2.05, 4.69) is 18.7 Å². The highest BCUT2D eigenvalue weighted by molar-refractivity contribution is 5.71. The molecule has 3 heteroatoms. The van der Waals surface area contributed by atoms with Crippen LogP contribution in [0.3, 0.4) is 0 Å². The van der Waals surface area contributed by atoms with Crippen LogP contribution in [0.4, 0.5) is 0 Å². The molecule has 0 aliphatic carbocycles. The molecule has 0 radical (unpaired) electrons. The molecule has 0 heterocycles. The first kappa shape index (κ1) is 14.4. The van der Waals surface area contributed by atoms with Crippen molar-refractivity contribution in [2.24, 2.45) is 0 Å². The van der Waals surface area contributed by atoms with Gasteiger partial charge >= 0.3 is 5.97 Å². The van der Waals surface area contributed by atoms with Gasteiger partial charge in [-0.1, -0.05) is 26.7 Å². The Balaban J connectivity index is 3.75. The minimum atomic E-state index is -0.0950. The zero-order valence-electron chi connectivity index (χ0n) is 10.4. The number of nitrogens with zero attached hydrogens (tertiary/aromatic N) is 1. The van der Waals surface area contributed by atoms with Gasteiger partial charge in [0.25, 0.3) is 0 Å². The molecule has 0 aromatic heterocycles. The SMILES string of the molecule is CCCCCN(CCC)CC(=O)OCC. The summed E-state index contributed by atoms with van der Waals surface area (Å²) in [6.07, 6.45) is 4.73. The standard InChI is InChI=1S/C12H25NO2/c1-4-7-8-10-13(9-5-2)11-12(14)15-6-3/h4-11H2,1-3H3. The Hall–Kier alpha value is -0.570. The molecule has 0 aromatic carbocycles. The topological polar surface area (TPSA) is 29.5 Å². The summed E-state index contributed by atoms with van der Waals surface area (Å²) in [6, 6.07) is 0. The van der Waals surface area contributed by atoms with Gasteiger partial charge in [0.05, 0.1) is 13.2 Å². The van der Waals surface area contributed by atoms with Gasteiger partial charge in [-0.05, 0) is 32.9 Å². The molecular formula is C12H25NO2. The lowest BCUT2D eigenvalue weighted by Crippen LogP contribution is -2.32. The van der Waals surface area contributed by atoms with Crippen molar-refractivity contribution < 1.29 is 9.53 Å². The van der Waals surface area contributed by atoms with Gasteiger partial charge in [-0.2, -0.15) is 0 Å². The van der Waals surface area contributed by atoms with Gasteiger partial charge < -0.3 is 4.74 Å². The first-order valence-electron chi connectivity index (χ1n) is 6.12. The van der Waals surface area contributed by atoms with Crippen molar-refractivity contribution in [3.8, 4) is 0 Å². The summed E-state index contributed by atoms with van der Waals surface area (Å²) in [5, 5.41) is 0. The van der Waals surface area contributed by atoms with Crippen LogP contribution in [0.25, 0.3) is 0 Å². The molecule has 0 bridgehead atoms. The number of unbranched alkanes of at least 4 members (excludes halogenated alkanes) is 2. The summed E-state index contributed by atoms with van der Waals surface area (Å²) in [7, 11) is 0. The highest BCUT2D eigenvalue weighted by Crippen LogP contribution is 2.00. The number of carbonyl (C=O) groups is 1. The molecule has 0 rings (SSSR count). The van der Waals surface area contributed by atoms with E-state index in [1.54, 1.807) is 0 Å². The van der Waals surface area contributed by atoms with Crippen LogP contribution in [0.5, 0.6) is 0 Å². The predicted octanol–water partition coefficient (Wildman–Crippen LogP) is 2.45. The van der Waals surface area contributed by atoms with Gasteiger partial charge in [-0.3, -0.25) is 9.69 Å². The Kier molecular flexibility index (Phi) is 9.59. The first-order valence-corrected chi connectivity index (χ1v) is 6.12. The second-order valence-electron chi connectivity index (χ2n) is 3.79. The van der Waals surface area contributed by atoms with E-state index in [1.165, 1.54) is 19.3 Å². The van der Waals surface area contributed by atoms with Crippen molar-refractivity contribution in [1.82, 2.24) is 4.90 Å². The molecule has 0 spiro atoms. The van der Waals surface area contributed by atoms with Gasteiger partial charge in [0.15, 0.2) is 0 Å². The van der Waals surface area contributed by atoms with Crippen LogP contribution < -0.4 is 0 Å². The van der Waals surface area contributed by atoms with E-state index >= 15 is 0 Å². The summed E-state index contributed by atoms with van der Waals surface area (Å²) in [5.74, 6) is -0.0950. The summed E-state index contributed by atoms with van der Waals surface area (Å²) in [6.45, 7) is 9.11. The number of carbonyl (C=O) groups excluding carboxylic acids is 1. The molecular weight excluding hydrogens is 190 g/mol. The van der Waals surface area contributed by atoms with Crippen LogP contribution in [-0.4, -0.2) is 37.1 Å². The molecule has 90 valence electrons. The number of ether oxygens (including phenoxy) is 1. The van der Waals surface area contributed by atoms with E-state index in [0.717, 1.165) is 19.5 Å². The van der Waals surface area contributed by atoms with E-state index < -0.39 is 0 Å². The molecule has 0 aromatic rings. The van der Waals surface area contributed by atoms with Crippen molar-refractivity contribution in [1.29, 1.82) is 0 Å². The maximum absolute atomic E-state index is 11.3. The van der Waals surface area contributed by atoms with Crippen molar-refractivity contribution in [3.05, 3.63) is 0 Å². The molecule has 0 aliphatic rings. The highest BCUT2D eigenvalue weighted by Gasteiger charge is 2.09. The summed E-state index contributed by atoms with van der Waals surface area (Å²) >= 11 is 0. The Labute approximate surface area is 93.8 Å². The zero-order chi connectivity index (χ0) is 11.5. The zero-order valence-corrected chi connectivity index (χ0v) is 10.4. The lowest BCUT2D eigenvalue weighted by atomic mass is 10.2. The minimum absolute atomic E-state index is 0.0950. The lowest BCUT2D eigenvalue weighted by Gasteiger charge is -2.20. The van der Waals surface area contributed by atoms with E-state index in [0.29, 0.717) is 13.2 Å². The molecule has 15 heavy (non-hydrogen) atoms. The minimum Gasteiger partial charge on any atom is -0.465 e. The maximum Gasteiger partial charge on any atom is 0.320 e. The average molecular weight is 215 g/mol. The van der Waals surface area contributed by atoms with Crippen molar-refractivity contribution in [2.45, 2.75) is 46.5 Å². The molecule has 0 aliphatic heterocycles. The number of esters is 1. The van der Waals surface area contributed by atoms with E-state index in [9.17, 15) is 4.79 Å². The third kappa shape index (κ3) is 8.43. The molecule has 0 saturated heterocycles. The fraction of sp³-hybridized carbons (Fsp3) is 0.917. The number of hydrogen-bond donors (Lipinski definition) is 0. The van der Waals surface area contributed by atoms with Gasteiger partial charge in [0.2, 0.25) is 0 Å². The summed E-state index contributed by atoms with van der Waals surface area (Å²) in [4.78, 5) is 13.5. The fourth-order valence-electron chi connectivity index (χ4n) is 1.56. The second-order valence-corrected chi connectivity index (χ2v) is 3.79. The molecule has 0 unspecified atom stereocenters. The van der Waals surface area contributed by atoms with Gasteiger partial charge in [0, 0.05) is 0 Å².